The summed E-state index contributed by atoms with van der Waals surface area (Å²) in [7, 11) is 1.25. The Balaban J connectivity index is 4.07. The van der Waals surface area contributed by atoms with Crippen molar-refractivity contribution in [1.29, 1.82) is 0 Å². The van der Waals surface area contributed by atoms with Crippen LogP contribution in [-0.2, 0) is 9.05 Å². The van der Waals surface area contributed by atoms with Crippen LogP contribution in [0, 0.1) is 0 Å². The van der Waals surface area contributed by atoms with Crippen LogP contribution in [0.1, 0.15) is 0 Å². The molecule has 0 fully saturated rings. The van der Waals surface area contributed by atoms with Crippen molar-refractivity contribution >= 4 is 42.9 Å². The van der Waals surface area contributed by atoms with Gasteiger partial charge in [-0.25, -0.2) is 8.42 Å². The number of halogens is 3. The zero-order valence-corrected chi connectivity index (χ0v) is 7.23. The second kappa shape index (κ2) is 3.66. The first-order valence-electron chi connectivity index (χ1n) is 1.83. The van der Waals surface area contributed by atoms with Crippen molar-refractivity contribution in [3.63, 3.8) is 0 Å². The fraction of sp³-hybridized carbons (Fsp3) is 0.333. The first kappa shape index (κ1) is 9.56. The van der Waals surface area contributed by atoms with Gasteiger partial charge in [-0.05, 0) is 0 Å². The number of rotatable bonds is 2. The minimum absolute atomic E-state index is 0.00617. The Bertz CT molecular complexity index is 205. The SMILES string of the molecule is O=S(=O)(Cl)C/C(Cl)=C/Cl. The molecule has 0 spiro atoms. The van der Waals surface area contributed by atoms with Crippen molar-refractivity contribution < 1.29 is 8.42 Å². The molecule has 0 aliphatic rings. The molecule has 0 saturated heterocycles. The van der Waals surface area contributed by atoms with Gasteiger partial charge in [0.05, 0.1) is 0 Å². The fourth-order valence-corrected chi connectivity index (χ4v) is 1.73. The molecule has 6 heteroatoms. The van der Waals surface area contributed by atoms with Gasteiger partial charge in [-0.2, -0.15) is 0 Å². The summed E-state index contributed by atoms with van der Waals surface area (Å²) in [6.45, 7) is 0. The van der Waals surface area contributed by atoms with Gasteiger partial charge in [-0.1, -0.05) is 23.2 Å². The van der Waals surface area contributed by atoms with E-state index in [9.17, 15) is 8.42 Å². The maximum absolute atomic E-state index is 10.2. The molecule has 9 heavy (non-hydrogen) atoms. The van der Waals surface area contributed by atoms with Gasteiger partial charge in [0.2, 0.25) is 9.05 Å². The third-order valence-electron chi connectivity index (χ3n) is 0.429. The molecule has 0 aromatic heterocycles. The molecule has 0 aromatic rings. The average Bonchev–Trinajstić information content (AvgIpc) is 1.62. The van der Waals surface area contributed by atoms with Crippen LogP contribution in [0.3, 0.4) is 0 Å². The highest BCUT2D eigenvalue weighted by Crippen LogP contribution is 2.09. The van der Waals surface area contributed by atoms with E-state index in [1.165, 1.54) is 0 Å². The van der Waals surface area contributed by atoms with Crippen molar-refractivity contribution in [2.45, 2.75) is 0 Å². The Morgan fingerprint density at radius 3 is 2.11 bits per heavy atom. The van der Waals surface area contributed by atoms with Gasteiger partial charge in [0.1, 0.15) is 5.75 Å². The van der Waals surface area contributed by atoms with E-state index in [4.69, 9.17) is 33.9 Å². The predicted octanol–water partition coefficient (Wildman–Crippen LogP) is 1.87. The van der Waals surface area contributed by atoms with Crippen molar-refractivity contribution in [3.8, 4) is 0 Å². The van der Waals surface area contributed by atoms with Crippen molar-refractivity contribution in [3.05, 3.63) is 10.6 Å². The van der Waals surface area contributed by atoms with E-state index < -0.39 is 14.8 Å². The van der Waals surface area contributed by atoms with E-state index in [1.54, 1.807) is 0 Å². The quantitative estimate of drug-likeness (QED) is 0.651. The van der Waals surface area contributed by atoms with Gasteiger partial charge in [0.15, 0.2) is 0 Å². The van der Waals surface area contributed by atoms with Crippen molar-refractivity contribution in [1.82, 2.24) is 0 Å². The van der Waals surface area contributed by atoms with Crippen molar-refractivity contribution in [2.75, 3.05) is 5.75 Å². The Morgan fingerprint density at radius 2 is 2.00 bits per heavy atom. The Hall–Kier alpha value is 0.560. The normalized spacial score (nSPS) is 13.9. The molecule has 0 aliphatic carbocycles. The summed E-state index contributed by atoms with van der Waals surface area (Å²) in [5.74, 6) is -0.417. The van der Waals surface area contributed by atoms with Crippen LogP contribution >= 0.6 is 33.9 Å². The highest BCUT2D eigenvalue weighted by atomic mass is 35.7. The molecule has 2 nitrogen and oxygen atoms in total. The summed E-state index contributed by atoms with van der Waals surface area (Å²) in [5.41, 5.74) is 0.960. The molecule has 0 heterocycles. The highest BCUT2D eigenvalue weighted by molar-refractivity contribution is 8.13. The van der Waals surface area contributed by atoms with Crippen LogP contribution in [0.25, 0.3) is 0 Å². The monoisotopic (exact) mass is 208 g/mol. The van der Waals surface area contributed by atoms with Gasteiger partial charge in [-0.15, -0.1) is 0 Å². The Kier molecular flexibility index (Phi) is 3.89. The molecule has 0 unspecified atom stereocenters. The molecule has 0 rings (SSSR count). The first-order chi connectivity index (χ1) is 3.95. The van der Waals surface area contributed by atoms with E-state index in [1.807, 2.05) is 0 Å². The van der Waals surface area contributed by atoms with Gasteiger partial charge in [0.25, 0.3) is 0 Å². The van der Waals surface area contributed by atoms with Crippen molar-refractivity contribution in [2.24, 2.45) is 0 Å². The highest BCUT2D eigenvalue weighted by Gasteiger charge is 2.06. The molecule has 54 valence electrons. The van der Waals surface area contributed by atoms with Gasteiger partial charge in [-0.3, -0.25) is 0 Å². The molecule has 0 aliphatic heterocycles. The van der Waals surface area contributed by atoms with Crippen LogP contribution < -0.4 is 0 Å². The van der Waals surface area contributed by atoms with E-state index >= 15 is 0 Å². The van der Waals surface area contributed by atoms with Crippen LogP contribution in [0.2, 0.25) is 0 Å². The van der Waals surface area contributed by atoms with Crippen LogP contribution in [-0.4, -0.2) is 14.2 Å². The van der Waals surface area contributed by atoms with Crippen LogP contribution in [0.15, 0.2) is 10.6 Å². The maximum atomic E-state index is 10.2. The lowest BCUT2D eigenvalue weighted by Gasteiger charge is -1.89. The van der Waals surface area contributed by atoms with E-state index in [0.717, 1.165) is 5.54 Å². The molecule has 0 aromatic carbocycles. The maximum Gasteiger partial charge on any atom is 0.237 e. The Morgan fingerprint density at radius 1 is 1.56 bits per heavy atom. The third-order valence-corrected chi connectivity index (χ3v) is 2.19. The fourth-order valence-electron chi connectivity index (χ4n) is 0.196. The summed E-state index contributed by atoms with van der Waals surface area (Å²) in [5, 5.41) is 0.00617. The lowest BCUT2D eigenvalue weighted by molar-refractivity contribution is 0.612. The molecule has 0 amide bonds. The summed E-state index contributed by atoms with van der Waals surface area (Å²) in [6.07, 6.45) is 0. The lowest BCUT2D eigenvalue weighted by Crippen LogP contribution is -1.95. The number of hydrogen-bond donors (Lipinski definition) is 0. The molecule has 0 saturated carbocycles. The van der Waals surface area contributed by atoms with E-state index in [-0.39, 0.29) is 5.03 Å². The topological polar surface area (TPSA) is 34.1 Å². The minimum Gasteiger partial charge on any atom is -0.212 e. The minimum atomic E-state index is -3.55. The van der Waals surface area contributed by atoms with Crippen LogP contribution in [0.4, 0.5) is 0 Å². The van der Waals surface area contributed by atoms with E-state index in [0.29, 0.717) is 0 Å². The van der Waals surface area contributed by atoms with Gasteiger partial charge >= 0.3 is 0 Å². The molecule has 0 N–H and O–H groups in total. The summed E-state index contributed by atoms with van der Waals surface area (Å²) < 4.78 is 20.4. The molecular formula is C3H3Cl3O2S. The standard InChI is InChI=1S/C3H3Cl3O2S/c4-1-3(5)2-9(6,7)8/h1H,2H2/b3-1-. The predicted molar refractivity (Wildman–Crippen MR) is 39.4 cm³/mol. The summed E-state index contributed by atoms with van der Waals surface area (Å²) >= 11 is 10.3. The average molecular weight is 209 g/mol. The second-order valence-electron chi connectivity index (χ2n) is 1.24. The molecule has 0 atom stereocenters. The van der Waals surface area contributed by atoms with Crippen LogP contribution in [0.5, 0.6) is 0 Å². The van der Waals surface area contributed by atoms with Gasteiger partial charge < -0.3 is 0 Å². The number of hydrogen-bond acceptors (Lipinski definition) is 2. The molecule has 0 bridgehead atoms. The first-order valence-corrected chi connectivity index (χ1v) is 5.12. The molecule has 0 radical (unpaired) electrons. The summed E-state index contributed by atoms with van der Waals surface area (Å²) in [4.78, 5) is 0. The zero-order valence-electron chi connectivity index (χ0n) is 4.14. The summed E-state index contributed by atoms with van der Waals surface area (Å²) in [6, 6.07) is 0. The second-order valence-corrected chi connectivity index (χ2v) is 4.72. The van der Waals surface area contributed by atoms with E-state index in [2.05, 4.69) is 0 Å². The third kappa shape index (κ3) is 6.45. The zero-order chi connectivity index (χ0) is 7.49. The lowest BCUT2D eigenvalue weighted by atomic mass is 10.7. The smallest absolute Gasteiger partial charge is 0.212 e. The Labute approximate surface area is 67.8 Å². The van der Waals surface area contributed by atoms with Gasteiger partial charge in [0, 0.05) is 21.2 Å². The molecular weight excluding hydrogens is 206 g/mol. The largest absolute Gasteiger partial charge is 0.237 e.